The van der Waals surface area contributed by atoms with E-state index in [9.17, 15) is 9.90 Å². The first kappa shape index (κ1) is 13.0. The molecule has 2 atom stereocenters. The molecular formula is C12H20N2O2. The highest BCUT2D eigenvalue weighted by atomic mass is 16.4. The van der Waals surface area contributed by atoms with Crippen LogP contribution in [0, 0.1) is 16.7 Å². The Labute approximate surface area is 96.9 Å². The van der Waals surface area contributed by atoms with E-state index >= 15 is 0 Å². The fourth-order valence-corrected chi connectivity index (χ4v) is 2.54. The summed E-state index contributed by atoms with van der Waals surface area (Å²) in [5, 5.41) is 18.3. The van der Waals surface area contributed by atoms with E-state index in [1.54, 1.807) is 0 Å². The SMILES string of the molecule is CCCC1(C(=O)O)CCCN(C(C)C#N)C1. The van der Waals surface area contributed by atoms with Gasteiger partial charge < -0.3 is 5.11 Å². The summed E-state index contributed by atoms with van der Waals surface area (Å²) in [5.74, 6) is -0.704. The fourth-order valence-electron chi connectivity index (χ4n) is 2.54. The lowest BCUT2D eigenvalue weighted by atomic mass is 9.76. The Balaban J connectivity index is 2.79. The third-order valence-corrected chi connectivity index (χ3v) is 3.52. The maximum atomic E-state index is 11.4. The molecule has 0 aliphatic carbocycles. The van der Waals surface area contributed by atoms with Crippen LogP contribution in [0.5, 0.6) is 0 Å². The van der Waals surface area contributed by atoms with Gasteiger partial charge in [-0.3, -0.25) is 9.69 Å². The van der Waals surface area contributed by atoms with Crippen molar-refractivity contribution in [1.82, 2.24) is 4.90 Å². The lowest BCUT2D eigenvalue weighted by Crippen LogP contribution is -2.50. The van der Waals surface area contributed by atoms with E-state index in [0.29, 0.717) is 13.0 Å². The van der Waals surface area contributed by atoms with Crippen LogP contribution in [0.25, 0.3) is 0 Å². The summed E-state index contributed by atoms with van der Waals surface area (Å²) in [5.41, 5.74) is -0.627. The van der Waals surface area contributed by atoms with Crippen LogP contribution < -0.4 is 0 Å². The predicted molar refractivity (Wildman–Crippen MR) is 60.9 cm³/mol. The summed E-state index contributed by atoms with van der Waals surface area (Å²) in [6.45, 7) is 5.21. The van der Waals surface area contributed by atoms with Gasteiger partial charge in [0.1, 0.15) is 0 Å². The van der Waals surface area contributed by atoms with Crippen molar-refractivity contribution in [3.05, 3.63) is 0 Å². The second-order valence-electron chi connectivity index (χ2n) is 4.71. The lowest BCUT2D eigenvalue weighted by molar-refractivity contribution is -0.153. The Bertz CT molecular complexity index is 294. The molecule has 0 bridgehead atoms. The molecule has 1 aliphatic rings. The Kier molecular flexibility index (Phi) is 4.31. The van der Waals surface area contributed by atoms with Gasteiger partial charge in [0, 0.05) is 6.54 Å². The van der Waals surface area contributed by atoms with Crippen molar-refractivity contribution in [3.63, 3.8) is 0 Å². The van der Waals surface area contributed by atoms with Gasteiger partial charge in [0.05, 0.1) is 17.5 Å². The van der Waals surface area contributed by atoms with Gasteiger partial charge in [0.25, 0.3) is 0 Å². The van der Waals surface area contributed by atoms with Gasteiger partial charge in [-0.1, -0.05) is 13.3 Å². The predicted octanol–water partition coefficient (Wildman–Crippen LogP) is 1.87. The molecule has 0 aromatic heterocycles. The normalized spacial score (nSPS) is 28.3. The highest BCUT2D eigenvalue weighted by Gasteiger charge is 2.42. The first-order chi connectivity index (χ1) is 7.55. The van der Waals surface area contributed by atoms with E-state index in [0.717, 1.165) is 25.8 Å². The van der Waals surface area contributed by atoms with Crippen molar-refractivity contribution in [3.8, 4) is 6.07 Å². The Morgan fingerprint density at radius 1 is 1.69 bits per heavy atom. The number of nitrogens with zero attached hydrogens (tertiary/aromatic N) is 2. The Morgan fingerprint density at radius 2 is 2.38 bits per heavy atom. The quantitative estimate of drug-likeness (QED) is 0.791. The van der Waals surface area contributed by atoms with E-state index in [4.69, 9.17) is 5.26 Å². The number of carboxylic acid groups (broad SMARTS) is 1. The molecule has 0 saturated carbocycles. The maximum absolute atomic E-state index is 11.4. The number of likely N-dealkylation sites (tertiary alicyclic amines) is 1. The second kappa shape index (κ2) is 5.31. The van der Waals surface area contributed by atoms with Crippen LogP contribution in [0.3, 0.4) is 0 Å². The third kappa shape index (κ3) is 2.53. The van der Waals surface area contributed by atoms with Gasteiger partial charge in [-0.2, -0.15) is 5.26 Å². The number of rotatable bonds is 4. The zero-order valence-electron chi connectivity index (χ0n) is 10.1. The summed E-state index contributed by atoms with van der Waals surface area (Å²) in [6, 6.07) is 2.00. The zero-order chi connectivity index (χ0) is 12.2. The van der Waals surface area contributed by atoms with Crippen molar-refractivity contribution in [1.29, 1.82) is 5.26 Å². The van der Waals surface area contributed by atoms with Crippen LogP contribution in [0.4, 0.5) is 0 Å². The van der Waals surface area contributed by atoms with Gasteiger partial charge in [0.2, 0.25) is 0 Å². The molecule has 16 heavy (non-hydrogen) atoms. The molecule has 0 amide bonds. The van der Waals surface area contributed by atoms with Crippen LogP contribution in [-0.4, -0.2) is 35.1 Å². The van der Waals surface area contributed by atoms with Gasteiger partial charge in [-0.05, 0) is 32.7 Å². The average molecular weight is 224 g/mol. The first-order valence-corrected chi connectivity index (χ1v) is 5.93. The minimum absolute atomic E-state index is 0.184. The van der Waals surface area contributed by atoms with Gasteiger partial charge in [-0.25, -0.2) is 0 Å². The second-order valence-corrected chi connectivity index (χ2v) is 4.71. The summed E-state index contributed by atoms with van der Waals surface area (Å²) in [6.07, 6.45) is 3.20. The molecule has 0 aromatic carbocycles. The van der Waals surface area contributed by atoms with Crippen LogP contribution in [0.15, 0.2) is 0 Å². The number of carboxylic acids is 1. The molecule has 0 aromatic rings. The van der Waals surface area contributed by atoms with Gasteiger partial charge >= 0.3 is 5.97 Å². The van der Waals surface area contributed by atoms with Crippen LogP contribution in [0.2, 0.25) is 0 Å². The Hall–Kier alpha value is -1.08. The molecule has 4 nitrogen and oxygen atoms in total. The molecule has 1 saturated heterocycles. The summed E-state index contributed by atoms with van der Waals surface area (Å²) < 4.78 is 0. The van der Waals surface area contributed by atoms with E-state index in [1.807, 2.05) is 18.7 Å². The minimum atomic E-state index is -0.704. The number of aliphatic carboxylic acids is 1. The number of carbonyl (C=O) groups is 1. The molecule has 4 heteroatoms. The third-order valence-electron chi connectivity index (χ3n) is 3.52. The molecule has 90 valence electrons. The number of nitriles is 1. The highest BCUT2D eigenvalue weighted by molar-refractivity contribution is 5.75. The highest BCUT2D eigenvalue weighted by Crippen LogP contribution is 2.35. The van der Waals surface area contributed by atoms with E-state index in [-0.39, 0.29) is 6.04 Å². The molecule has 1 rings (SSSR count). The number of hydrogen-bond donors (Lipinski definition) is 1. The standard InChI is InChI=1S/C12H20N2O2/c1-3-5-12(11(15)16)6-4-7-14(9-12)10(2)8-13/h10H,3-7,9H2,1-2H3,(H,15,16). The van der Waals surface area contributed by atoms with Crippen LogP contribution in [0.1, 0.15) is 39.5 Å². The van der Waals surface area contributed by atoms with Crippen molar-refractivity contribution < 1.29 is 9.90 Å². The van der Waals surface area contributed by atoms with E-state index in [2.05, 4.69) is 6.07 Å². The molecule has 1 N–H and O–H groups in total. The molecule has 1 aliphatic heterocycles. The molecule has 0 radical (unpaired) electrons. The summed E-state index contributed by atoms with van der Waals surface area (Å²) in [7, 11) is 0. The van der Waals surface area contributed by atoms with Gasteiger partial charge in [-0.15, -0.1) is 0 Å². The smallest absolute Gasteiger partial charge is 0.310 e. The monoisotopic (exact) mass is 224 g/mol. The molecule has 0 spiro atoms. The molecular weight excluding hydrogens is 204 g/mol. The van der Waals surface area contributed by atoms with Crippen molar-refractivity contribution in [2.75, 3.05) is 13.1 Å². The maximum Gasteiger partial charge on any atom is 0.310 e. The first-order valence-electron chi connectivity index (χ1n) is 5.93. The van der Waals surface area contributed by atoms with E-state index in [1.165, 1.54) is 0 Å². The van der Waals surface area contributed by atoms with Crippen LogP contribution >= 0.6 is 0 Å². The van der Waals surface area contributed by atoms with Gasteiger partial charge in [0.15, 0.2) is 0 Å². The van der Waals surface area contributed by atoms with Crippen molar-refractivity contribution in [2.24, 2.45) is 5.41 Å². The van der Waals surface area contributed by atoms with E-state index < -0.39 is 11.4 Å². The topological polar surface area (TPSA) is 64.3 Å². The lowest BCUT2D eigenvalue weighted by Gasteiger charge is -2.40. The summed E-state index contributed by atoms with van der Waals surface area (Å²) in [4.78, 5) is 13.4. The van der Waals surface area contributed by atoms with Crippen molar-refractivity contribution in [2.45, 2.75) is 45.6 Å². The largest absolute Gasteiger partial charge is 0.481 e. The Morgan fingerprint density at radius 3 is 2.88 bits per heavy atom. The minimum Gasteiger partial charge on any atom is -0.481 e. The number of piperidine rings is 1. The molecule has 1 fully saturated rings. The number of hydrogen-bond acceptors (Lipinski definition) is 3. The van der Waals surface area contributed by atoms with Crippen molar-refractivity contribution >= 4 is 5.97 Å². The zero-order valence-corrected chi connectivity index (χ0v) is 10.1. The fraction of sp³-hybridized carbons (Fsp3) is 0.833. The molecule has 1 heterocycles. The summed E-state index contributed by atoms with van der Waals surface area (Å²) >= 11 is 0. The molecule has 2 unspecified atom stereocenters. The van der Waals surface area contributed by atoms with Crippen LogP contribution in [-0.2, 0) is 4.79 Å². The average Bonchev–Trinajstić information content (AvgIpc) is 2.28.